The van der Waals surface area contributed by atoms with Crippen LogP contribution in [0.25, 0.3) is 0 Å². The Morgan fingerprint density at radius 1 is 1.03 bits per heavy atom. The molecular weight excluding hydrogens is 499 g/mol. The number of hydrogen-bond acceptors (Lipinski definition) is 3. The molecule has 8 heteroatoms. The van der Waals surface area contributed by atoms with Crippen LogP contribution in [-0.4, -0.2) is 34.6 Å². The van der Waals surface area contributed by atoms with Crippen LogP contribution in [0.15, 0.2) is 47.4 Å². The van der Waals surface area contributed by atoms with Crippen molar-refractivity contribution in [1.82, 2.24) is 10.2 Å². The largest absolute Gasteiger partial charge is 0.352 e. The molecule has 2 aromatic carbocycles. The molecule has 1 saturated carbocycles. The Morgan fingerprint density at radius 2 is 1.70 bits per heavy atom. The van der Waals surface area contributed by atoms with E-state index in [1.165, 1.54) is 18.2 Å². The summed E-state index contributed by atoms with van der Waals surface area (Å²) in [5, 5.41) is 4.84. The van der Waals surface area contributed by atoms with Crippen molar-refractivity contribution in [2.45, 2.75) is 69.0 Å². The van der Waals surface area contributed by atoms with Crippen LogP contribution in [-0.2, 0) is 16.1 Å². The molecule has 178 valence electrons. The van der Waals surface area contributed by atoms with Gasteiger partial charge >= 0.3 is 0 Å². The van der Waals surface area contributed by atoms with E-state index in [4.69, 9.17) is 34.8 Å². The number of rotatable bonds is 9. The molecule has 3 rings (SSSR count). The number of halogens is 3. The molecule has 33 heavy (non-hydrogen) atoms. The highest BCUT2D eigenvalue weighted by molar-refractivity contribution is 8.00. The number of hydrogen-bond donors (Lipinski definition) is 1. The number of thioether (sulfide) groups is 1. The van der Waals surface area contributed by atoms with E-state index in [1.807, 2.05) is 25.1 Å². The summed E-state index contributed by atoms with van der Waals surface area (Å²) in [6, 6.07) is 12.2. The Kier molecular flexibility index (Phi) is 10.2. The Hall–Kier alpha value is -1.40. The average Bonchev–Trinajstić information content (AvgIpc) is 2.80. The van der Waals surface area contributed by atoms with E-state index in [0.29, 0.717) is 21.5 Å². The van der Waals surface area contributed by atoms with E-state index in [-0.39, 0.29) is 30.2 Å². The van der Waals surface area contributed by atoms with Gasteiger partial charge < -0.3 is 10.2 Å². The highest BCUT2D eigenvalue weighted by atomic mass is 35.5. The first kappa shape index (κ1) is 26.2. The first-order chi connectivity index (χ1) is 15.9. The monoisotopic (exact) mass is 526 g/mol. The Labute approximate surface area is 215 Å². The maximum atomic E-state index is 13.4. The molecule has 0 saturated heterocycles. The van der Waals surface area contributed by atoms with Crippen molar-refractivity contribution < 1.29 is 9.59 Å². The van der Waals surface area contributed by atoms with E-state index in [9.17, 15) is 9.59 Å². The zero-order valence-electron chi connectivity index (χ0n) is 18.7. The number of benzene rings is 2. The molecule has 0 radical (unpaired) electrons. The van der Waals surface area contributed by atoms with Crippen molar-refractivity contribution >= 4 is 58.4 Å². The van der Waals surface area contributed by atoms with Crippen LogP contribution in [0.5, 0.6) is 0 Å². The zero-order valence-corrected chi connectivity index (χ0v) is 21.7. The lowest BCUT2D eigenvalue weighted by atomic mass is 9.95. The molecule has 0 aliphatic heterocycles. The lowest BCUT2D eigenvalue weighted by Gasteiger charge is -2.33. The molecule has 1 unspecified atom stereocenters. The van der Waals surface area contributed by atoms with Crippen LogP contribution in [0.1, 0.15) is 51.0 Å². The van der Waals surface area contributed by atoms with E-state index in [0.717, 1.165) is 36.1 Å². The summed E-state index contributed by atoms with van der Waals surface area (Å²) in [5.74, 6) is -0.00834. The van der Waals surface area contributed by atoms with Crippen molar-refractivity contribution in [3.63, 3.8) is 0 Å². The van der Waals surface area contributed by atoms with Crippen molar-refractivity contribution in [3.05, 3.63) is 63.1 Å². The highest BCUT2D eigenvalue weighted by Gasteiger charge is 2.30. The fraction of sp³-hybridized carbons (Fsp3) is 0.440. The molecule has 0 heterocycles. The van der Waals surface area contributed by atoms with Gasteiger partial charge in [-0.25, -0.2) is 0 Å². The number of amides is 2. The van der Waals surface area contributed by atoms with Gasteiger partial charge in [-0.05, 0) is 61.2 Å². The third-order valence-corrected chi connectivity index (χ3v) is 7.70. The number of carbonyl (C=O) groups is 2. The summed E-state index contributed by atoms with van der Waals surface area (Å²) in [5.41, 5.74) is 0.759. The fourth-order valence-corrected chi connectivity index (χ4v) is 5.43. The summed E-state index contributed by atoms with van der Waals surface area (Å²) in [7, 11) is 0. The van der Waals surface area contributed by atoms with Crippen LogP contribution >= 0.6 is 46.6 Å². The van der Waals surface area contributed by atoms with E-state index >= 15 is 0 Å². The minimum atomic E-state index is -0.572. The molecule has 2 aromatic rings. The normalized spacial score (nSPS) is 15.2. The van der Waals surface area contributed by atoms with E-state index in [1.54, 1.807) is 29.2 Å². The van der Waals surface area contributed by atoms with Crippen molar-refractivity contribution in [1.29, 1.82) is 0 Å². The van der Waals surface area contributed by atoms with Gasteiger partial charge in [-0.1, -0.05) is 67.1 Å². The molecule has 0 bridgehead atoms. The molecule has 1 fully saturated rings. The minimum Gasteiger partial charge on any atom is -0.352 e. The fourth-order valence-electron chi connectivity index (χ4n) is 4.06. The van der Waals surface area contributed by atoms with Crippen molar-refractivity contribution in [2.24, 2.45) is 0 Å². The molecule has 2 amide bonds. The lowest BCUT2D eigenvalue weighted by Crippen LogP contribution is -2.52. The van der Waals surface area contributed by atoms with Gasteiger partial charge in [0.05, 0.1) is 5.75 Å². The summed E-state index contributed by atoms with van der Waals surface area (Å²) in [4.78, 5) is 29.2. The third kappa shape index (κ3) is 7.81. The molecular formula is C25H29Cl3N2O2S. The second-order valence-corrected chi connectivity index (χ2v) is 10.6. The van der Waals surface area contributed by atoms with E-state index < -0.39 is 6.04 Å². The lowest BCUT2D eigenvalue weighted by molar-refractivity contribution is -0.139. The summed E-state index contributed by atoms with van der Waals surface area (Å²) in [6.45, 7) is 2.17. The number of carbonyl (C=O) groups excluding carboxylic acids is 2. The second-order valence-electron chi connectivity index (χ2n) is 8.27. The number of nitrogens with one attached hydrogen (secondary N) is 1. The first-order valence-corrected chi connectivity index (χ1v) is 13.4. The average molecular weight is 528 g/mol. The van der Waals surface area contributed by atoms with Crippen LogP contribution in [0.3, 0.4) is 0 Å². The maximum Gasteiger partial charge on any atom is 0.243 e. The van der Waals surface area contributed by atoms with Gasteiger partial charge in [-0.2, -0.15) is 0 Å². The maximum absolute atomic E-state index is 13.4. The molecule has 1 atom stereocenters. The standard InChI is InChI=1S/C25H29Cl3N2O2S/c1-2-23(25(32)29-20-6-4-3-5-7-20)30(15-17-8-9-19(27)14-22(17)28)24(31)16-33-21-12-10-18(26)11-13-21/h8-14,20,23H,2-7,15-16H2,1H3,(H,29,32). The predicted molar refractivity (Wildman–Crippen MR) is 138 cm³/mol. The van der Waals surface area contributed by atoms with Crippen molar-refractivity contribution in [2.75, 3.05) is 5.75 Å². The molecule has 1 aliphatic carbocycles. The number of nitrogens with zero attached hydrogens (tertiary/aromatic N) is 1. The highest BCUT2D eigenvalue weighted by Crippen LogP contribution is 2.26. The summed E-state index contributed by atoms with van der Waals surface area (Å²) < 4.78 is 0. The molecule has 1 N–H and O–H groups in total. The molecule has 4 nitrogen and oxygen atoms in total. The summed E-state index contributed by atoms with van der Waals surface area (Å²) in [6.07, 6.45) is 5.97. The summed E-state index contributed by atoms with van der Waals surface area (Å²) >= 11 is 19.8. The van der Waals surface area contributed by atoms with Gasteiger partial charge in [0.2, 0.25) is 11.8 Å². The molecule has 0 aromatic heterocycles. The molecule has 0 spiro atoms. The second kappa shape index (κ2) is 12.9. The molecule has 1 aliphatic rings. The first-order valence-electron chi connectivity index (χ1n) is 11.3. The SMILES string of the molecule is CCC(C(=O)NC1CCCCC1)N(Cc1ccc(Cl)cc1Cl)C(=O)CSc1ccc(Cl)cc1. The Morgan fingerprint density at radius 3 is 2.33 bits per heavy atom. The quantitative estimate of drug-likeness (QED) is 0.357. The van der Waals surface area contributed by atoms with Gasteiger partial charge in [-0.3, -0.25) is 9.59 Å². The van der Waals surface area contributed by atoms with Crippen molar-refractivity contribution in [3.8, 4) is 0 Å². The van der Waals surface area contributed by atoms with Gasteiger partial charge in [0, 0.05) is 32.5 Å². The topological polar surface area (TPSA) is 49.4 Å². The third-order valence-electron chi connectivity index (χ3n) is 5.87. The zero-order chi connectivity index (χ0) is 23.8. The predicted octanol–water partition coefficient (Wildman–Crippen LogP) is 7.00. The minimum absolute atomic E-state index is 0.0978. The van der Waals surface area contributed by atoms with Crippen LogP contribution in [0, 0.1) is 0 Å². The van der Waals surface area contributed by atoms with E-state index in [2.05, 4.69) is 5.32 Å². The van der Waals surface area contributed by atoms with Crippen LogP contribution < -0.4 is 5.32 Å². The Bertz CT molecular complexity index is 949. The Balaban J connectivity index is 1.77. The van der Waals surface area contributed by atoms with Gasteiger partial charge in [0.15, 0.2) is 0 Å². The van der Waals surface area contributed by atoms with Crippen LogP contribution in [0.2, 0.25) is 15.1 Å². The smallest absolute Gasteiger partial charge is 0.243 e. The van der Waals surface area contributed by atoms with Gasteiger partial charge in [0.1, 0.15) is 6.04 Å². The van der Waals surface area contributed by atoms with Gasteiger partial charge in [0.25, 0.3) is 0 Å². The van der Waals surface area contributed by atoms with Crippen LogP contribution in [0.4, 0.5) is 0 Å². The van der Waals surface area contributed by atoms with Gasteiger partial charge in [-0.15, -0.1) is 11.8 Å².